The van der Waals surface area contributed by atoms with Gasteiger partial charge in [-0.15, -0.1) is 11.3 Å². The fourth-order valence-electron chi connectivity index (χ4n) is 2.46. The molecule has 0 saturated heterocycles. The fraction of sp³-hybridized carbons (Fsp3) is 0.278. The zero-order valence-corrected chi connectivity index (χ0v) is 17.2. The predicted molar refractivity (Wildman–Crippen MR) is 106 cm³/mol. The summed E-state index contributed by atoms with van der Waals surface area (Å²) in [5, 5.41) is 2.64. The molecule has 3 N–H and O–H groups in total. The second-order valence-corrected chi connectivity index (χ2v) is 9.03. The highest BCUT2D eigenvalue weighted by molar-refractivity contribution is 7.91. The van der Waals surface area contributed by atoms with E-state index in [-0.39, 0.29) is 38.3 Å². The summed E-state index contributed by atoms with van der Waals surface area (Å²) < 4.78 is 29.0. The number of carbonyl (C=O) groups excluding carboxylic acids is 3. The Hall–Kier alpha value is -2.72. The molecule has 0 bridgehead atoms. The smallest absolute Gasteiger partial charge is 0.348 e. The van der Waals surface area contributed by atoms with Gasteiger partial charge in [-0.05, 0) is 37.6 Å². The van der Waals surface area contributed by atoms with Crippen molar-refractivity contribution in [2.75, 3.05) is 17.7 Å². The Balaban J connectivity index is 2.42. The molecule has 0 aliphatic rings. The molecule has 1 aromatic carbocycles. The van der Waals surface area contributed by atoms with Gasteiger partial charge in [-0.1, -0.05) is 13.0 Å². The van der Waals surface area contributed by atoms with Crippen molar-refractivity contribution in [3.63, 3.8) is 0 Å². The second-order valence-electron chi connectivity index (χ2n) is 5.73. The highest BCUT2D eigenvalue weighted by Crippen LogP contribution is 2.33. The molecular weight excluding hydrogens is 404 g/mol. The first kappa shape index (κ1) is 21.6. The number of carbonyl (C=O) groups is 3. The van der Waals surface area contributed by atoms with Gasteiger partial charge >= 0.3 is 5.97 Å². The first-order valence-electron chi connectivity index (χ1n) is 8.36. The SMILES string of the molecule is CCOC(=O)c1sc(NC(=O)c2cccc(S(=O)(=O)CC)c2)c(C(N)=O)c1C. The van der Waals surface area contributed by atoms with Crippen LogP contribution in [0.25, 0.3) is 0 Å². The third-order valence-corrected chi connectivity index (χ3v) is 6.84. The zero-order valence-electron chi connectivity index (χ0n) is 15.6. The van der Waals surface area contributed by atoms with E-state index in [1.54, 1.807) is 6.92 Å². The quantitative estimate of drug-likeness (QED) is 0.656. The molecule has 1 heterocycles. The van der Waals surface area contributed by atoms with Crippen molar-refractivity contribution in [2.45, 2.75) is 25.7 Å². The third-order valence-electron chi connectivity index (χ3n) is 3.92. The van der Waals surface area contributed by atoms with E-state index in [0.29, 0.717) is 5.56 Å². The van der Waals surface area contributed by atoms with E-state index in [4.69, 9.17) is 10.5 Å². The maximum atomic E-state index is 12.6. The summed E-state index contributed by atoms with van der Waals surface area (Å²) in [4.78, 5) is 36.7. The molecule has 0 atom stereocenters. The molecule has 10 heteroatoms. The first-order chi connectivity index (χ1) is 13.1. The average Bonchev–Trinajstić information content (AvgIpc) is 2.98. The number of hydrogen-bond acceptors (Lipinski definition) is 7. The van der Waals surface area contributed by atoms with E-state index in [9.17, 15) is 22.8 Å². The Morgan fingerprint density at radius 1 is 1.21 bits per heavy atom. The van der Waals surface area contributed by atoms with E-state index in [2.05, 4.69) is 5.32 Å². The van der Waals surface area contributed by atoms with Crippen LogP contribution in [0.5, 0.6) is 0 Å². The highest BCUT2D eigenvalue weighted by Gasteiger charge is 2.25. The number of esters is 1. The number of primary amides is 1. The molecule has 8 nitrogen and oxygen atoms in total. The predicted octanol–water partition coefficient (Wildman–Crippen LogP) is 2.38. The lowest BCUT2D eigenvalue weighted by Crippen LogP contribution is -2.18. The van der Waals surface area contributed by atoms with Crippen LogP contribution in [-0.2, 0) is 14.6 Å². The number of rotatable bonds is 7. The van der Waals surface area contributed by atoms with Crippen LogP contribution < -0.4 is 11.1 Å². The van der Waals surface area contributed by atoms with Crippen LogP contribution in [0.4, 0.5) is 5.00 Å². The van der Waals surface area contributed by atoms with Crippen molar-refractivity contribution in [1.29, 1.82) is 0 Å². The van der Waals surface area contributed by atoms with Gasteiger partial charge in [0.25, 0.3) is 11.8 Å². The van der Waals surface area contributed by atoms with Gasteiger partial charge in [0.15, 0.2) is 9.84 Å². The summed E-state index contributed by atoms with van der Waals surface area (Å²) in [7, 11) is -3.48. The van der Waals surface area contributed by atoms with Gasteiger partial charge in [-0.3, -0.25) is 9.59 Å². The average molecular weight is 425 g/mol. The summed E-state index contributed by atoms with van der Waals surface area (Å²) in [5.74, 6) is -2.16. The topological polar surface area (TPSA) is 133 Å². The normalized spacial score (nSPS) is 11.1. The van der Waals surface area contributed by atoms with Crippen molar-refractivity contribution in [2.24, 2.45) is 5.73 Å². The van der Waals surface area contributed by atoms with Gasteiger partial charge in [0.05, 0.1) is 22.8 Å². The highest BCUT2D eigenvalue weighted by atomic mass is 32.2. The Morgan fingerprint density at radius 2 is 1.89 bits per heavy atom. The molecule has 28 heavy (non-hydrogen) atoms. The van der Waals surface area contributed by atoms with Crippen LogP contribution in [0.15, 0.2) is 29.2 Å². The van der Waals surface area contributed by atoms with Crippen LogP contribution in [0, 0.1) is 6.92 Å². The van der Waals surface area contributed by atoms with Crippen molar-refractivity contribution in [3.05, 3.63) is 45.8 Å². The van der Waals surface area contributed by atoms with Crippen LogP contribution in [0.2, 0.25) is 0 Å². The monoisotopic (exact) mass is 424 g/mol. The summed E-state index contributed by atoms with van der Waals surface area (Å²) in [6.07, 6.45) is 0. The minimum absolute atomic E-state index is 0.0127. The van der Waals surface area contributed by atoms with Crippen LogP contribution in [0.3, 0.4) is 0 Å². The maximum Gasteiger partial charge on any atom is 0.348 e. The molecule has 2 amide bonds. The number of benzene rings is 1. The number of amides is 2. The van der Waals surface area contributed by atoms with Gasteiger partial charge in [0.1, 0.15) is 9.88 Å². The number of ether oxygens (including phenoxy) is 1. The molecule has 0 radical (unpaired) electrons. The van der Waals surface area contributed by atoms with Gasteiger partial charge in [-0.25, -0.2) is 13.2 Å². The number of nitrogens with two attached hydrogens (primary N) is 1. The molecule has 2 aromatic rings. The maximum absolute atomic E-state index is 12.6. The number of anilines is 1. The van der Waals surface area contributed by atoms with Crippen LogP contribution >= 0.6 is 11.3 Å². The third kappa shape index (κ3) is 4.39. The van der Waals surface area contributed by atoms with E-state index in [1.807, 2.05) is 0 Å². The van der Waals surface area contributed by atoms with Gasteiger partial charge in [0, 0.05) is 5.56 Å². The Bertz CT molecular complexity index is 1040. The number of nitrogens with one attached hydrogen (secondary N) is 1. The molecule has 0 aliphatic carbocycles. The van der Waals surface area contributed by atoms with E-state index in [0.717, 1.165) is 11.3 Å². The number of sulfone groups is 1. The summed E-state index contributed by atoms with van der Waals surface area (Å²) >= 11 is 0.874. The minimum atomic E-state index is -3.48. The molecule has 0 saturated carbocycles. The number of hydrogen-bond donors (Lipinski definition) is 2. The molecule has 0 fully saturated rings. The summed E-state index contributed by atoms with van der Waals surface area (Å²) in [6, 6.07) is 5.56. The molecule has 0 spiro atoms. The lowest BCUT2D eigenvalue weighted by Gasteiger charge is -2.07. The fourth-order valence-corrected chi connectivity index (χ4v) is 4.49. The second kappa shape index (κ2) is 8.53. The number of thiophene rings is 1. The zero-order chi connectivity index (χ0) is 21.1. The van der Waals surface area contributed by atoms with Crippen molar-refractivity contribution < 1.29 is 27.5 Å². The van der Waals surface area contributed by atoms with E-state index < -0.39 is 27.6 Å². The van der Waals surface area contributed by atoms with Gasteiger partial charge < -0.3 is 15.8 Å². The van der Waals surface area contributed by atoms with Gasteiger partial charge in [-0.2, -0.15) is 0 Å². The van der Waals surface area contributed by atoms with E-state index in [1.165, 1.54) is 38.1 Å². The summed E-state index contributed by atoms with van der Waals surface area (Å²) in [5.41, 5.74) is 5.82. The lowest BCUT2D eigenvalue weighted by molar-refractivity contribution is 0.0531. The van der Waals surface area contributed by atoms with E-state index >= 15 is 0 Å². The van der Waals surface area contributed by atoms with Crippen LogP contribution in [-0.4, -0.2) is 38.6 Å². The lowest BCUT2D eigenvalue weighted by atomic mass is 10.1. The molecule has 150 valence electrons. The Kier molecular flexibility index (Phi) is 6.57. The molecule has 2 rings (SSSR count). The van der Waals surface area contributed by atoms with Crippen molar-refractivity contribution in [3.8, 4) is 0 Å². The molecular formula is C18H20N2O6S2. The molecule has 1 aromatic heterocycles. The first-order valence-corrected chi connectivity index (χ1v) is 10.8. The van der Waals surface area contributed by atoms with Crippen LogP contribution in [0.1, 0.15) is 49.8 Å². The molecule has 0 unspecified atom stereocenters. The van der Waals surface area contributed by atoms with Crippen molar-refractivity contribution >= 4 is 44.0 Å². The van der Waals surface area contributed by atoms with Gasteiger partial charge in [0.2, 0.25) is 0 Å². The minimum Gasteiger partial charge on any atom is -0.462 e. The Labute approximate surface area is 166 Å². The molecule has 0 aliphatic heterocycles. The Morgan fingerprint density at radius 3 is 2.46 bits per heavy atom. The van der Waals surface area contributed by atoms with Crippen molar-refractivity contribution in [1.82, 2.24) is 0 Å². The summed E-state index contributed by atoms with van der Waals surface area (Å²) in [6.45, 7) is 4.85. The standard InChI is InChI=1S/C18H20N2O6S2/c1-4-26-18(23)14-10(3)13(15(19)21)17(27-14)20-16(22)11-7-6-8-12(9-11)28(24,25)5-2/h6-9H,4-5H2,1-3H3,(H2,19,21)(H,20,22). The largest absolute Gasteiger partial charge is 0.462 e.